The van der Waals surface area contributed by atoms with Gasteiger partial charge in [0, 0.05) is 53.5 Å². The van der Waals surface area contributed by atoms with Crippen LogP contribution in [0.25, 0.3) is 50.4 Å². The van der Waals surface area contributed by atoms with Crippen LogP contribution in [0.2, 0.25) is 0 Å². The van der Waals surface area contributed by atoms with E-state index in [1.54, 1.807) is 0 Å². The van der Waals surface area contributed by atoms with E-state index in [0.29, 0.717) is 5.92 Å². The number of nitrogens with zero attached hydrogens (tertiary/aromatic N) is 3. The van der Waals surface area contributed by atoms with Gasteiger partial charge in [-0.3, -0.25) is 10.1 Å². The molecule has 0 spiro atoms. The molecule has 2 unspecified atom stereocenters. The molecular formula is C28H28N6O. The number of benzene rings is 2. The molecule has 0 amide bonds. The Balaban J connectivity index is 1.36. The monoisotopic (exact) mass is 464 g/mol. The van der Waals surface area contributed by atoms with Crippen molar-refractivity contribution in [3.63, 3.8) is 0 Å². The number of aromatic nitrogens is 5. The van der Waals surface area contributed by atoms with E-state index in [1.807, 2.05) is 25.4 Å². The van der Waals surface area contributed by atoms with Crippen molar-refractivity contribution >= 4 is 27.8 Å². The zero-order valence-electron chi connectivity index (χ0n) is 19.6. The molecule has 6 rings (SSSR count). The molecule has 7 nitrogen and oxygen atoms in total. The van der Waals surface area contributed by atoms with Crippen LogP contribution in [0.3, 0.4) is 0 Å². The lowest BCUT2D eigenvalue weighted by Crippen LogP contribution is -2.28. The Labute approximate surface area is 203 Å². The Morgan fingerprint density at radius 2 is 2.06 bits per heavy atom. The van der Waals surface area contributed by atoms with Crippen molar-refractivity contribution < 1.29 is 5.11 Å². The Morgan fingerprint density at radius 1 is 1.14 bits per heavy atom. The summed E-state index contributed by atoms with van der Waals surface area (Å²) in [5.74, 6) is 1.33. The second kappa shape index (κ2) is 9.09. The van der Waals surface area contributed by atoms with Crippen molar-refractivity contribution in [3.05, 3.63) is 72.3 Å². The van der Waals surface area contributed by atoms with Gasteiger partial charge in [0.05, 0.1) is 11.2 Å². The van der Waals surface area contributed by atoms with Crippen LogP contribution in [0.15, 0.2) is 60.9 Å². The SMILES string of the molecule is CC(CO)CNCC1CC=Cc2nc(-c3n[nH]c4ccc(-c5cncc6ccccc56)cc34)[nH]c21. The van der Waals surface area contributed by atoms with Crippen molar-refractivity contribution in [2.24, 2.45) is 5.92 Å². The highest BCUT2D eigenvalue weighted by Gasteiger charge is 2.23. The van der Waals surface area contributed by atoms with E-state index >= 15 is 0 Å². The molecule has 0 fully saturated rings. The van der Waals surface area contributed by atoms with Crippen LogP contribution < -0.4 is 5.32 Å². The van der Waals surface area contributed by atoms with Crippen molar-refractivity contribution in [3.8, 4) is 22.6 Å². The summed E-state index contributed by atoms with van der Waals surface area (Å²) in [6.45, 7) is 3.87. The van der Waals surface area contributed by atoms with Crippen LogP contribution in [-0.4, -0.2) is 50.0 Å². The largest absolute Gasteiger partial charge is 0.396 e. The third kappa shape index (κ3) is 4.03. The highest BCUT2D eigenvalue weighted by atomic mass is 16.3. The number of H-pyrrole nitrogens is 2. The molecule has 4 N–H and O–H groups in total. The van der Waals surface area contributed by atoms with Crippen LogP contribution in [0.1, 0.15) is 30.7 Å². The lowest BCUT2D eigenvalue weighted by Gasteiger charge is -2.19. The first-order valence-electron chi connectivity index (χ1n) is 12.1. The van der Waals surface area contributed by atoms with Crippen molar-refractivity contribution in [2.75, 3.05) is 19.7 Å². The number of pyridine rings is 1. The van der Waals surface area contributed by atoms with E-state index in [4.69, 9.17) is 4.98 Å². The number of allylic oxidation sites excluding steroid dienone is 1. The fourth-order valence-corrected chi connectivity index (χ4v) is 4.87. The number of hydrogen-bond acceptors (Lipinski definition) is 5. The standard InChI is InChI=1S/C28H28N6O/c1-17(16-35)12-29-14-20-6-4-8-25-26(20)32-28(31-25)27-22-11-18(9-10-24(22)33-34-27)23-15-30-13-19-5-2-3-7-21(19)23/h2-5,7-11,13,15,17,20,29,35H,6,12,14,16H2,1H3,(H,31,32)(H,33,34). The maximum Gasteiger partial charge on any atom is 0.159 e. The van der Waals surface area contributed by atoms with E-state index in [1.165, 1.54) is 5.39 Å². The van der Waals surface area contributed by atoms with Gasteiger partial charge in [-0.25, -0.2) is 4.98 Å². The van der Waals surface area contributed by atoms with Gasteiger partial charge in [-0.05, 0) is 48.0 Å². The summed E-state index contributed by atoms with van der Waals surface area (Å²) in [4.78, 5) is 12.9. The number of aliphatic hydroxyl groups is 1. The predicted molar refractivity (Wildman–Crippen MR) is 140 cm³/mol. The summed E-state index contributed by atoms with van der Waals surface area (Å²) in [5, 5.41) is 23.9. The topological polar surface area (TPSA) is 103 Å². The molecule has 7 heteroatoms. The molecule has 3 aromatic heterocycles. The van der Waals surface area contributed by atoms with Gasteiger partial charge in [-0.15, -0.1) is 0 Å². The minimum absolute atomic E-state index is 0.195. The Kier molecular flexibility index (Phi) is 5.64. The van der Waals surface area contributed by atoms with Gasteiger partial charge in [0.25, 0.3) is 0 Å². The van der Waals surface area contributed by atoms with Crippen LogP contribution >= 0.6 is 0 Å². The summed E-state index contributed by atoms with van der Waals surface area (Å²) in [6.07, 6.45) is 9.05. The van der Waals surface area contributed by atoms with Crippen LogP contribution in [0, 0.1) is 5.92 Å². The molecule has 0 aliphatic heterocycles. The van der Waals surface area contributed by atoms with E-state index in [2.05, 4.69) is 74.0 Å². The average Bonchev–Trinajstić information content (AvgIpc) is 3.52. The van der Waals surface area contributed by atoms with Gasteiger partial charge in [0.15, 0.2) is 5.82 Å². The van der Waals surface area contributed by atoms with Crippen molar-refractivity contribution in [2.45, 2.75) is 19.3 Å². The zero-order chi connectivity index (χ0) is 23.8. The van der Waals surface area contributed by atoms with E-state index < -0.39 is 0 Å². The molecule has 1 aliphatic rings. The molecule has 0 saturated heterocycles. The van der Waals surface area contributed by atoms with Gasteiger partial charge >= 0.3 is 0 Å². The first-order chi connectivity index (χ1) is 17.2. The minimum atomic E-state index is 0.195. The molecule has 2 atom stereocenters. The third-order valence-electron chi connectivity index (χ3n) is 6.83. The van der Waals surface area contributed by atoms with Gasteiger partial charge in [-0.2, -0.15) is 5.10 Å². The molecule has 1 aliphatic carbocycles. The summed E-state index contributed by atoms with van der Waals surface area (Å²) in [5.41, 5.74) is 6.09. The molecule has 3 heterocycles. The fraction of sp³-hybridized carbons (Fsp3) is 0.250. The Morgan fingerprint density at radius 3 is 2.97 bits per heavy atom. The number of nitrogens with one attached hydrogen (secondary N) is 3. The Bertz CT molecular complexity index is 1530. The molecule has 5 aromatic rings. The van der Waals surface area contributed by atoms with E-state index in [0.717, 1.165) is 69.8 Å². The van der Waals surface area contributed by atoms with Gasteiger partial charge in [0.1, 0.15) is 5.69 Å². The summed E-state index contributed by atoms with van der Waals surface area (Å²) < 4.78 is 0. The van der Waals surface area contributed by atoms with Gasteiger partial charge in [0.2, 0.25) is 0 Å². The summed E-state index contributed by atoms with van der Waals surface area (Å²) in [7, 11) is 0. The molecule has 176 valence electrons. The van der Waals surface area contributed by atoms with Gasteiger partial charge in [-0.1, -0.05) is 43.3 Å². The van der Waals surface area contributed by atoms with Crippen LogP contribution in [0.5, 0.6) is 0 Å². The van der Waals surface area contributed by atoms with E-state index in [9.17, 15) is 5.11 Å². The zero-order valence-corrected chi connectivity index (χ0v) is 19.6. The predicted octanol–water partition coefficient (Wildman–Crippen LogP) is 4.89. The average molecular weight is 465 g/mol. The molecular weight excluding hydrogens is 436 g/mol. The maximum atomic E-state index is 9.29. The highest BCUT2D eigenvalue weighted by molar-refractivity contribution is 6.00. The number of rotatable bonds is 7. The lowest BCUT2D eigenvalue weighted by atomic mass is 9.95. The molecule has 0 bridgehead atoms. The van der Waals surface area contributed by atoms with Crippen molar-refractivity contribution in [1.29, 1.82) is 0 Å². The summed E-state index contributed by atoms with van der Waals surface area (Å²) >= 11 is 0. The molecule has 0 saturated carbocycles. The quantitative estimate of drug-likeness (QED) is 0.275. The second-order valence-corrected chi connectivity index (χ2v) is 9.41. The second-order valence-electron chi connectivity index (χ2n) is 9.41. The number of fused-ring (bicyclic) bond motifs is 3. The maximum absolute atomic E-state index is 9.29. The van der Waals surface area contributed by atoms with Crippen LogP contribution in [-0.2, 0) is 0 Å². The first kappa shape index (κ1) is 21.7. The molecule has 0 radical (unpaired) electrons. The van der Waals surface area contributed by atoms with Crippen LogP contribution in [0.4, 0.5) is 0 Å². The number of imidazole rings is 1. The lowest BCUT2D eigenvalue weighted by molar-refractivity contribution is 0.233. The van der Waals surface area contributed by atoms with E-state index in [-0.39, 0.29) is 12.5 Å². The van der Waals surface area contributed by atoms with Gasteiger partial charge < -0.3 is 15.4 Å². The molecule has 35 heavy (non-hydrogen) atoms. The third-order valence-corrected chi connectivity index (χ3v) is 6.83. The minimum Gasteiger partial charge on any atom is -0.396 e. The highest BCUT2D eigenvalue weighted by Crippen LogP contribution is 2.35. The Hall–Kier alpha value is -3.81. The number of hydrogen-bond donors (Lipinski definition) is 4. The molecule has 2 aromatic carbocycles. The number of aromatic amines is 2. The smallest absolute Gasteiger partial charge is 0.159 e. The first-order valence-corrected chi connectivity index (χ1v) is 12.1. The fourth-order valence-electron chi connectivity index (χ4n) is 4.87. The van der Waals surface area contributed by atoms with Crippen molar-refractivity contribution in [1.82, 2.24) is 30.5 Å². The number of aliphatic hydroxyl groups excluding tert-OH is 1. The normalized spacial score (nSPS) is 16.1. The summed E-state index contributed by atoms with van der Waals surface area (Å²) in [6, 6.07) is 14.7.